The Kier molecular flexibility index (Phi) is 5.11. The number of ether oxygens (including phenoxy) is 1. The van der Waals surface area contributed by atoms with E-state index in [9.17, 15) is 0 Å². The van der Waals surface area contributed by atoms with E-state index in [4.69, 9.17) is 10.6 Å². The van der Waals surface area contributed by atoms with Gasteiger partial charge in [-0.15, -0.1) is 0 Å². The number of hydrogen-bond donors (Lipinski definition) is 3. The molecule has 0 fully saturated rings. The van der Waals surface area contributed by atoms with Crippen LogP contribution in [0.2, 0.25) is 0 Å². The third-order valence-corrected chi connectivity index (χ3v) is 2.69. The van der Waals surface area contributed by atoms with Gasteiger partial charge in [0.25, 0.3) is 0 Å². The molecule has 17 heavy (non-hydrogen) atoms. The van der Waals surface area contributed by atoms with Crippen molar-refractivity contribution < 1.29 is 4.74 Å². The van der Waals surface area contributed by atoms with Crippen molar-refractivity contribution in [1.29, 1.82) is 0 Å². The summed E-state index contributed by atoms with van der Waals surface area (Å²) in [5.74, 6) is 7.23. The lowest BCUT2D eigenvalue weighted by atomic mass is 10.1. The van der Waals surface area contributed by atoms with Crippen molar-refractivity contribution in [3.05, 3.63) is 11.9 Å². The number of hydrogen-bond acceptors (Lipinski definition) is 6. The van der Waals surface area contributed by atoms with E-state index >= 15 is 0 Å². The molecule has 0 aromatic carbocycles. The average Bonchev–Trinajstić information content (AvgIpc) is 2.30. The molecule has 0 radical (unpaired) electrons. The predicted molar refractivity (Wildman–Crippen MR) is 68.7 cm³/mol. The lowest BCUT2D eigenvalue weighted by Crippen LogP contribution is -2.31. The molecule has 0 bridgehead atoms. The van der Waals surface area contributed by atoms with Crippen LogP contribution >= 0.6 is 0 Å². The van der Waals surface area contributed by atoms with E-state index in [1.807, 2.05) is 6.92 Å². The van der Waals surface area contributed by atoms with Crippen LogP contribution in [-0.4, -0.2) is 29.7 Å². The molecule has 0 aliphatic carbocycles. The van der Waals surface area contributed by atoms with Crippen LogP contribution in [0.1, 0.15) is 19.4 Å². The molecule has 1 atom stereocenters. The molecule has 4 N–H and O–H groups in total. The smallest absolute Gasteiger partial charge is 0.148 e. The van der Waals surface area contributed by atoms with Gasteiger partial charge in [0.1, 0.15) is 18.0 Å². The summed E-state index contributed by atoms with van der Waals surface area (Å²) in [5, 5.41) is 3.35. The minimum Gasteiger partial charge on any atom is -0.383 e. The maximum absolute atomic E-state index is 5.38. The molecule has 6 heteroatoms. The lowest BCUT2D eigenvalue weighted by molar-refractivity contribution is 0.171. The lowest BCUT2D eigenvalue weighted by Gasteiger charge is -2.23. The fourth-order valence-corrected chi connectivity index (χ4v) is 1.50. The van der Waals surface area contributed by atoms with Gasteiger partial charge in [0, 0.05) is 12.7 Å². The fraction of sp³-hybridized carbons (Fsp3) is 0.636. The number of methoxy groups -OCH3 is 1. The van der Waals surface area contributed by atoms with Gasteiger partial charge in [-0.1, -0.05) is 13.8 Å². The first-order valence-electron chi connectivity index (χ1n) is 5.63. The highest BCUT2D eigenvalue weighted by Gasteiger charge is 2.15. The third-order valence-electron chi connectivity index (χ3n) is 2.69. The Morgan fingerprint density at radius 1 is 1.35 bits per heavy atom. The molecule has 1 rings (SSSR count). The summed E-state index contributed by atoms with van der Waals surface area (Å²) in [6.07, 6.45) is 1.48. The van der Waals surface area contributed by atoms with Gasteiger partial charge < -0.3 is 15.5 Å². The van der Waals surface area contributed by atoms with Crippen molar-refractivity contribution in [2.24, 2.45) is 11.8 Å². The van der Waals surface area contributed by atoms with E-state index in [1.54, 1.807) is 7.11 Å². The Morgan fingerprint density at radius 2 is 2.00 bits per heavy atom. The van der Waals surface area contributed by atoms with Crippen LogP contribution in [0.25, 0.3) is 0 Å². The van der Waals surface area contributed by atoms with Crippen molar-refractivity contribution >= 4 is 11.6 Å². The molecule has 1 aromatic rings. The number of nitrogen functional groups attached to an aromatic ring is 1. The highest BCUT2D eigenvalue weighted by Crippen LogP contribution is 2.19. The number of nitrogens with zero attached hydrogens (tertiary/aromatic N) is 2. The van der Waals surface area contributed by atoms with E-state index in [-0.39, 0.29) is 6.04 Å². The van der Waals surface area contributed by atoms with Gasteiger partial charge in [0.05, 0.1) is 12.6 Å². The first-order chi connectivity index (χ1) is 8.10. The number of rotatable bonds is 6. The quantitative estimate of drug-likeness (QED) is 0.510. The van der Waals surface area contributed by atoms with Gasteiger partial charge in [-0.25, -0.2) is 15.8 Å². The average molecular weight is 239 g/mol. The summed E-state index contributed by atoms with van der Waals surface area (Å²) >= 11 is 0. The second-order valence-corrected chi connectivity index (χ2v) is 4.29. The van der Waals surface area contributed by atoms with Crippen LogP contribution in [0.3, 0.4) is 0 Å². The Bertz CT molecular complexity index is 356. The van der Waals surface area contributed by atoms with Gasteiger partial charge in [-0.05, 0) is 12.8 Å². The first-order valence-corrected chi connectivity index (χ1v) is 5.63. The Balaban J connectivity index is 2.85. The predicted octanol–water partition coefficient (Wildman–Crippen LogP) is 1.15. The van der Waals surface area contributed by atoms with Crippen molar-refractivity contribution in [1.82, 2.24) is 9.97 Å². The van der Waals surface area contributed by atoms with Crippen molar-refractivity contribution in [3.63, 3.8) is 0 Å². The molecule has 0 saturated heterocycles. The molecule has 0 aliphatic heterocycles. The van der Waals surface area contributed by atoms with Gasteiger partial charge in [-0.2, -0.15) is 0 Å². The molecule has 0 spiro atoms. The van der Waals surface area contributed by atoms with Gasteiger partial charge in [0.2, 0.25) is 0 Å². The zero-order chi connectivity index (χ0) is 12.8. The highest BCUT2D eigenvalue weighted by molar-refractivity contribution is 5.56. The van der Waals surface area contributed by atoms with Crippen LogP contribution in [0.4, 0.5) is 11.6 Å². The van der Waals surface area contributed by atoms with E-state index in [2.05, 4.69) is 34.6 Å². The molecule has 0 amide bonds. The molecule has 0 saturated carbocycles. The van der Waals surface area contributed by atoms with Crippen molar-refractivity contribution in [3.8, 4) is 0 Å². The van der Waals surface area contributed by atoms with Crippen molar-refractivity contribution in [2.45, 2.75) is 26.8 Å². The summed E-state index contributed by atoms with van der Waals surface area (Å²) in [5.41, 5.74) is 3.45. The molecule has 0 aliphatic rings. The minimum absolute atomic E-state index is 0.208. The summed E-state index contributed by atoms with van der Waals surface area (Å²) in [6.45, 7) is 6.82. The fourth-order valence-electron chi connectivity index (χ4n) is 1.50. The molecule has 1 unspecified atom stereocenters. The third kappa shape index (κ3) is 3.54. The number of anilines is 2. The summed E-state index contributed by atoms with van der Waals surface area (Å²) in [7, 11) is 1.69. The zero-order valence-electron chi connectivity index (χ0n) is 10.8. The van der Waals surface area contributed by atoms with E-state index < -0.39 is 0 Å². The van der Waals surface area contributed by atoms with Crippen LogP contribution in [-0.2, 0) is 4.74 Å². The summed E-state index contributed by atoms with van der Waals surface area (Å²) in [4.78, 5) is 8.26. The Morgan fingerprint density at radius 3 is 2.53 bits per heavy atom. The molecule has 1 heterocycles. The van der Waals surface area contributed by atoms with Crippen LogP contribution in [0.5, 0.6) is 0 Å². The molecular weight excluding hydrogens is 218 g/mol. The molecule has 1 aromatic heterocycles. The molecular formula is C11H21N5O. The normalized spacial score (nSPS) is 12.6. The minimum atomic E-state index is 0.208. The Labute approximate surface area is 102 Å². The van der Waals surface area contributed by atoms with Gasteiger partial charge in [0.15, 0.2) is 0 Å². The highest BCUT2D eigenvalue weighted by atomic mass is 16.5. The number of nitrogens with one attached hydrogen (secondary N) is 2. The largest absolute Gasteiger partial charge is 0.383 e. The standard InChI is InChI=1S/C11H21N5O/c1-7(2)9(5-17-4)15-10-8(3)11(16-12)14-6-13-10/h6-7,9H,5,12H2,1-4H3,(H2,13,14,15,16). The zero-order valence-corrected chi connectivity index (χ0v) is 10.8. The number of nitrogens with two attached hydrogens (primary N) is 1. The molecule has 6 nitrogen and oxygen atoms in total. The number of hydrazine groups is 1. The SMILES string of the molecule is COCC(Nc1ncnc(NN)c1C)C(C)C. The topological polar surface area (TPSA) is 85.1 Å². The van der Waals surface area contributed by atoms with Crippen molar-refractivity contribution in [2.75, 3.05) is 24.5 Å². The van der Waals surface area contributed by atoms with Crippen LogP contribution in [0.15, 0.2) is 6.33 Å². The van der Waals surface area contributed by atoms with Gasteiger partial charge >= 0.3 is 0 Å². The number of aromatic nitrogens is 2. The second-order valence-electron chi connectivity index (χ2n) is 4.29. The van der Waals surface area contributed by atoms with Crippen LogP contribution in [0, 0.1) is 12.8 Å². The maximum atomic E-state index is 5.38. The van der Waals surface area contributed by atoms with E-state index in [0.29, 0.717) is 18.3 Å². The Hall–Kier alpha value is -1.40. The monoisotopic (exact) mass is 239 g/mol. The van der Waals surface area contributed by atoms with E-state index in [0.717, 1.165) is 11.4 Å². The van der Waals surface area contributed by atoms with Gasteiger partial charge in [-0.3, -0.25) is 0 Å². The van der Waals surface area contributed by atoms with Crippen LogP contribution < -0.4 is 16.6 Å². The summed E-state index contributed by atoms with van der Waals surface area (Å²) in [6, 6.07) is 0.208. The summed E-state index contributed by atoms with van der Waals surface area (Å²) < 4.78 is 5.19. The maximum Gasteiger partial charge on any atom is 0.148 e. The van der Waals surface area contributed by atoms with E-state index in [1.165, 1.54) is 6.33 Å². The second kappa shape index (κ2) is 6.36. The molecule has 96 valence electrons. The first kappa shape index (κ1) is 13.7.